The molecule has 3 rings (SSSR count). The fourth-order valence-electron chi connectivity index (χ4n) is 2.67. The van der Waals surface area contributed by atoms with Crippen molar-refractivity contribution >= 4 is 34.5 Å². The van der Waals surface area contributed by atoms with Gasteiger partial charge in [0.2, 0.25) is 0 Å². The van der Waals surface area contributed by atoms with E-state index in [9.17, 15) is 9.59 Å². The molecular formula is C17H19ClN4O2S. The zero-order valence-corrected chi connectivity index (χ0v) is 16.1. The van der Waals surface area contributed by atoms with Gasteiger partial charge in [0, 0.05) is 24.4 Å². The molecule has 0 unspecified atom stereocenters. The third-order valence-electron chi connectivity index (χ3n) is 3.94. The summed E-state index contributed by atoms with van der Waals surface area (Å²) in [6, 6.07) is 7.51. The second-order valence-corrected chi connectivity index (χ2v) is 8.07. The Kier molecular flexibility index (Phi) is 4.79. The fraction of sp³-hybridized carbons (Fsp3) is 0.353. The van der Waals surface area contributed by atoms with Gasteiger partial charge in [-0.05, 0) is 11.6 Å². The molecule has 2 aromatic heterocycles. The minimum atomic E-state index is -0.388. The molecular weight excluding hydrogens is 360 g/mol. The van der Waals surface area contributed by atoms with Gasteiger partial charge in [-0.25, -0.2) is 9.78 Å². The standard InChI is InChI=1S/C17H19ClN4O2S/c1-10(2)25-16-19-14-13(15(23)21(4)17(24)20(14)3)22(16)9-11-7-5-6-8-12(11)18/h5-8,10H,9H2,1-4H3. The summed E-state index contributed by atoms with van der Waals surface area (Å²) in [5, 5.41) is 1.61. The van der Waals surface area contributed by atoms with E-state index in [0.717, 1.165) is 10.1 Å². The quantitative estimate of drug-likeness (QED) is 0.655. The van der Waals surface area contributed by atoms with Gasteiger partial charge in [0.05, 0.1) is 6.54 Å². The Labute approximate surface area is 154 Å². The van der Waals surface area contributed by atoms with E-state index in [0.29, 0.717) is 27.9 Å². The van der Waals surface area contributed by atoms with Crippen LogP contribution in [0.5, 0.6) is 0 Å². The molecule has 0 N–H and O–H groups in total. The van der Waals surface area contributed by atoms with Crippen molar-refractivity contribution in [1.29, 1.82) is 0 Å². The molecule has 0 fully saturated rings. The van der Waals surface area contributed by atoms with Crippen molar-refractivity contribution in [3.8, 4) is 0 Å². The Morgan fingerprint density at radius 1 is 1.16 bits per heavy atom. The summed E-state index contributed by atoms with van der Waals surface area (Å²) in [5.74, 6) is 0. The zero-order chi connectivity index (χ0) is 18.3. The number of thioether (sulfide) groups is 1. The lowest BCUT2D eigenvalue weighted by atomic mass is 10.2. The zero-order valence-electron chi connectivity index (χ0n) is 14.5. The summed E-state index contributed by atoms with van der Waals surface area (Å²) in [4.78, 5) is 29.5. The summed E-state index contributed by atoms with van der Waals surface area (Å²) in [5.41, 5.74) is 0.954. The average molecular weight is 379 g/mol. The largest absolute Gasteiger partial charge is 0.332 e. The number of rotatable bonds is 4. The van der Waals surface area contributed by atoms with Crippen LogP contribution in [0.4, 0.5) is 0 Å². The fourth-order valence-corrected chi connectivity index (χ4v) is 3.71. The molecule has 0 amide bonds. The van der Waals surface area contributed by atoms with Crippen LogP contribution in [0.3, 0.4) is 0 Å². The van der Waals surface area contributed by atoms with Crippen LogP contribution in [-0.2, 0) is 20.6 Å². The number of benzene rings is 1. The molecule has 0 aliphatic rings. The number of fused-ring (bicyclic) bond motifs is 1. The maximum absolute atomic E-state index is 12.7. The normalized spacial score (nSPS) is 11.6. The molecule has 0 spiro atoms. The Morgan fingerprint density at radius 3 is 2.48 bits per heavy atom. The van der Waals surface area contributed by atoms with Crippen molar-refractivity contribution < 1.29 is 0 Å². The maximum Gasteiger partial charge on any atom is 0.332 e. The van der Waals surface area contributed by atoms with Crippen LogP contribution in [-0.4, -0.2) is 23.9 Å². The number of aryl methyl sites for hydroxylation is 1. The highest BCUT2D eigenvalue weighted by molar-refractivity contribution is 7.99. The molecule has 0 bridgehead atoms. The second-order valence-electron chi connectivity index (χ2n) is 6.12. The van der Waals surface area contributed by atoms with Gasteiger partial charge in [0.15, 0.2) is 16.3 Å². The Hall–Kier alpha value is -1.99. The number of hydrogen-bond donors (Lipinski definition) is 0. The van der Waals surface area contributed by atoms with Gasteiger partial charge in [-0.15, -0.1) is 0 Å². The maximum atomic E-state index is 12.7. The topological polar surface area (TPSA) is 61.8 Å². The molecule has 0 saturated carbocycles. The first-order chi connectivity index (χ1) is 11.8. The predicted octanol–water partition coefficient (Wildman–Crippen LogP) is 2.64. The number of halogens is 1. The summed E-state index contributed by atoms with van der Waals surface area (Å²) in [6.07, 6.45) is 0. The molecule has 6 nitrogen and oxygen atoms in total. The molecule has 3 aromatic rings. The Morgan fingerprint density at radius 2 is 1.84 bits per heavy atom. The molecule has 0 radical (unpaired) electrons. The third kappa shape index (κ3) is 3.14. The van der Waals surface area contributed by atoms with Crippen LogP contribution in [0.25, 0.3) is 11.2 Å². The monoisotopic (exact) mass is 378 g/mol. The van der Waals surface area contributed by atoms with E-state index in [1.807, 2.05) is 28.8 Å². The van der Waals surface area contributed by atoms with Crippen LogP contribution in [0.15, 0.2) is 39.0 Å². The first kappa shape index (κ1) is 17.8. The van der Waals surface area contributed by atoms with E-state index in [2.05, 4.69) is 18.8 Å². The lowest BCUT2D eigenvalue weighted by Crippen LogP contribution is -2.37. The predicted molar refractivity (Wildman–Crippen MR) is 102 cm³/mol. The highest BCUT2D eigenvalue weighted by Crippen LogP contribution is 2.27. The highest BCUT2D eigenvalue weighted by Gasteiger charge is 2.20. The highest BCUT2D eigenvalue weighted by atomic mass is 35.5. The van der Waals surface area contributed by atoms with Crippen molar-refractivity contribution in [1.82, 2.24) is 18.7 Å². The molecule has 132 valence electrons. The van der Waals surface area contributed by atoms with Crippen LogP contribution < -0.4 is 11.2 Å². The summed E-state index contributed by atoms with van der Waals surface area (Å²) < 4.78 is 4.37. The van der Waals surface area contributed by atoms with Crippen LogP contribution >= 0.6 is 23.4 Å². The van der Waals surface area contributed by atoms with Crippen molar-refractivity contribution in [3.05, 3.63) is 55.7 Å². The average Bonchev–Trinajstić information content (AvgIpc) is 2.91. The van der Waals surface area contributed by atoms with Crippen LogP contribution in [0.2, 0.25) is 5.02 Å². The summed E-state index contributed by atoms with van der Waals surface area (Å²) >= 11 is 7.85. The van der Waals surface area contributed by atoms with Gasteiger partial charge in [-0.2, -0.15) is 0 Å². The molecule has 0 aliphatic carbocycles. The van der Waals surface area contributed by atoms with E-state index >= 15 is 0 Å². The smallest absolute Gasteiger partial charge is 0.309 e. The second kappa shape index (κ2) is 6.72. The van der Waals surface area contributed by atoms with E-state index in [-0.39, 0.29) is 16.5 Å². The number of nitrogens with zero attached hydrogens (tertiary/aromatic N) is 4. The SMILES string of the molecule is CC(C)Sc1nc2c(c(=O)n(C)c(=O)n2C)n1Cc1ccccc1Cl. The van der Waals surface area contributed by atoms with Crippen molar-refractivity contribution in [2.75, 3.05) is 0 Å². The Balaban J connectivity index is 2.33. The molecule has 25 heavy (non-hydrogen) atoms. The van der Waals surface area contributed by atoms with Crippen molar-refractivity contribution in [2.45, 2.75) is 30.8 Å². The first-order valence-electron chi connectivity index (χ1n) is 7.87. The van der Waals surface area contributed by atoms with E-state index < -0.39 is 0 Å². The number of aromatic nitrogens is 4. The minimum absolute atomic E-state index is 0.280. The minimum Gasteiger partial charge on any atom is -0.309 e. The molecule has 2 heterocycles. The third-order valence-corrected chi connectivity index (χ3v) is 5.30. The van der Waals surface area contributed by atoms with Gasteiger partial charge in [-0.3, -0.25) is 13.9 Å². The van der Waals surface area contributed by atoms with E-state index in [1.165, 1.54) is 11.6 Å². The molecule has 1 aromatic carbocycles. The Bertz CT molecular complexity index is 1060. The van der Waals surface area contributed by atoms with Crippen LogP contribution in [0.1, 0.15) is 19.4 Å². The summed E-state index contributed by atoms with van der Waals surface area (Å²) in [7, 11) is 3.10. The van der Waals surface area contributed by atoms with E-state index in [1.54, 1.807) is 18.8 Å². The van der Waals surface area contributed by atoms with Crippen molar-refractivity contribution in [3.63, 3.8) is 0 Å². The lowest BCUT2D eigenvalue weighted by molar-refractivity contribution is 0.696. The molecule has 0 saturated heterocycles. The van der Waals surface area contributed by atoms with Gasteiger partial charge in [0.1, 0.15) is 0 Å². The van der Waals surface area contributed by atoms with Gasteiger partial charge >= 0.3 is 5.69 Å². The molecule has 0 aliphatic heterocycles. The number of imidazole rings is 1. The van der Waals surface area contributed by atoms with Gasteiger partial charge in [-0.1, -0.05) is 55.4 Å². The lowest BCUT2D eigenvalue weighted by Gasteiger charge is -2.11. The molecule has 0 atom stereocenters. The van der Waals surface area contributed by atoms with Crippen molar-refractivity contribution in [2.24, 2.45) is 14.1 Å². The van der Waals surface area contributed by atoms with Gasteiger partial charge < -0.3 is 4.57 Å². The summed E-state index contributed by atoms with van der Waals surface area (Å²) in [6.45, 7) is 4.53. The van der Waals surface area contributed by atoms with Gasteiger partial charge in [0.25, 0.3) is 5.56 Å². The van der Waals surface area contributed by atoms with E-state index in [4.69, 9.17) is 11.6 Å². The molecule has 8 heteroatoms. The number of hydrogen-bond acceptors (Lipinski definition) is 4. The van der Waals surface area contributed by atoms with Crippen LogP contribution in [0, 0.1) is 0 Å². The first-order valence-corrected chi connectivity index (χ1v) is 9.13.